The van der Waals surface area contributed by atoms with Gasteiger partial charge in [0.25, 0.3) is 0 Å². The van der Waals surface area contributed by atoms with Crippen molar-refractivity contribution < 1.29 is 14.3 Å². The number of fused-ring (bicyclic) bond motifs is 3. The summed E-state index contributed by atoms with van der Waals surface area (Å²) in [4.78, 5) is 15.4. The van der Waals surface area contributed by atoms with Gasteiger partial charge >= 0.3 is 5.97 Å². The minimum absolute atomic E-state index is 0.209. The van der Waals surface area contributed by atoms with Crippen LogP contribution in [0.4, 0.5) is 0 Å². The van der Waals surface area contributed by atoms with E-state index in [2.05, 4.69) is 10.3 Å². The third-order valence-electron chi connectivity index (χ3n) is 3.88. The van der Waals surface area contributed by atoms with E-state index in [-0.39, 0.29) is 11.9 Å². The molecule has 1 unspecified atom stereocenters. The minimum Gasteiger partial charge on any atom is -0.497 e. The number of ether oxygens (including phenoxy) is 2. The number of H-pyrrole nitrogens is 1. The van der Waals surface area contributed by atoms with Crippen LogP contribution in [0.15, 0.2) is 18.2 Å². The van der Waals surface area contributed by atoms with Gasteiger partial charge in [0, 0.05) is 23.1 Å². The lowest BCUT2D eigenvalue weighted by Gasteiger charge is -2.12. The Labute approximate surface area is 117 Å². The SMILES string of the molecule is COC(=O)C1CNCCc2c1[nH]c1ccc(OC)cc21. The zero-order valence-corrected chi connectivity index (χ0v) is 11.7. The standard InChI is InChI=1S/C15H18N2O3/c1-19-9-3-4-13-11(7-9)10-5-6-16-8-12(14(10)17-13)15(18)20-2/h3-4,7,12,16-17H,5-6,8H2,1-2H3. The Morgan fingerprint density at radius 1 is 1.35 bits per heavy atom. The first kappa shape index (κ1) is 13.0. The number of hydrogen-bond acceptors (Lipinski definition) is 4. The van der Waals surface area contributed by atoms with Gasteiger partial charge in [0.15, 0.2) is 0 Å². The Hall–Kier alpha value is -2.01. The summed E-state index contributed by atoms with van der Waals surface area (Å²) >= 11 is 0. The molecule has 20 heavy (non-hydrogen) atoms. The monoisotopic (exact) mass is 274 g/mol. The van der Waals surface area contributed by atoms with Crippen LogP contribution in [0.1, 0.15) is 17.2 Å². The largest absolute Gasteiger partial charge is 0.497 e. The number of methoxy groups -OCH3 is 2. The van der Waals surface area contributed by atoms with Gasteiger partial charge in [0.05, 0.1) is 14.2 Å². The molecule has 0 saturated carbocycles. The molecule has 2 aromatic rings. The van der Waals surface area contributed by atoms with Crippen molar-refractivity contribution in [3.63, 3.8) is 0 Å². The number of rotatable bonds is 2. The molecule has 5 heteroatoms. The second-order valence-electron chi connectivity index (χ2n) is 4.96. The Kier molecular flexibility index (Phi) is 3.36. The first-order valence-electron chi connectivity index (χ1n) is 6.71. The number of benzene rings is 1. The Morgan fingerprint density at radius 2 is 2.20 bits per heavy atom. The summed E-state index contributed by atoms with van der Waals surface area (Å²) in [5, 5.41) is 4.41. The third-order valence-corrected chi connectivity index (χ3v) is 3.88. The lowest BCUT2D eigenvalue weighted by Crippen LogP contribution is -2.26. The molecule has 0 bridgehead atoms. The van der Waals surface area contributed by atoms with E-state index in [1.807, 2.05) is 18.2 Å². The van der Waals surface area contributed by atoms with E-state index in [1.54, 1.807) is 7.11 Å². The molecule has 106 valence electrons. The van der Waals surface area contributed by atoms with Gasteiger partial charge in [-0.3, -0.25) is 4.79 Å². The minimum atomic E-state index is -0.282. The van der Waals surface area contributed by atoms with Crippen LogP contribution in [-0.4, -0.2) is 38.3 Å². The van der Waals surface area contributed by atoms with Crippen LogP contribution < -0.4 is 10.1 Å². The van der Waals surface area contributed by atoms with Crippen molar-refractivity contribution in [1.29, 1.82) is 0 Å². The van der Waals surface area contributed by atoms with Crippen LogP contribution >= 0.6 is 0 Å². The van der Waals surface area contributed by atoms with Crippen LogP contribution in [0, 0.1) is 0 Å². The zero-order valence-electron chi connectivity index (χ0n) is 11.7. The molecule has 1 aromatic carbocycles. The number of carbonyl (C=O) groups is 1. The second-order valence-corrected chi connectivity index (χ2v) is 4.96. The number of nitrogens with one attached hydrogen (secondary N) is 2. The molecule has 0 aliphatic carbocycles. The van der Waals surface area contributed by atoms with Gasteiger partial charge in [-0.05, 0) is 36.7 Å². The molecule has 0 fully saturated rings. The smallest absolute Gasteiger partial charge is 0.315 e. The van der Waals surface area contributed by atoms with E-state index in [1.165, 1.54) is 12.7 Å². The highest BCUT2D eigenvalue weighted by atomic mass is 16.5. The normalized spacial score (nSPS) is 18.4. The predicted octanol–water partition coefficient (Wildman–Crippen LogP) is 1.58. The molecule has 1 aliphatic rings. The maximum Gasteiger partial charge on any atom is 0.315 e. The Balaban J connectivity index is 2.16. The van der Waals surface area contributed by atoms with Gasteiger partial charge in [0.1, 0.15) is 11.7 Å². The first-order valence-corrected chi connectivity index (χ1v) is 6.71. The number of esters is 1. The lowest BCUT2D eigenvalue weighted by molar-refractivity contribution is -0.142. The molecule has 3 rings (SSSR count). The molecular weight excluding hydrogens is 256 g/mol. The Bertz CT molecular complexity index is 648. The van der Waals surface area contributed by atoms with Crippen molar-refractivity contribution >= 4 is 16.9 Å². The average Bonchev–Trinajstić information content (AvgIpc) is 2.70. The summed E-state index contributed by atoms with van der Waals surface area (Å²) < 4.78 is 10.2. The molecule has 5 nitrogen and oxygen atoms in total. The molecule has 1 atom stereocenters. The molecule has 1 aromatic heterocycles. The predicted molar refractivity (Wildman–Crippen MR) is 76.2 cm³/mol. The van der Waals surface area contributed by atoms with E-state index < -0.39 is 0 Å². The molecular formula is C15H18N2O3. The topological polar surface area (TPSA) is 63.3 Å². The number of carbonyl (C=O) groups excluding carboxylic acids is 1. The van der Waals surface area contributed by atoms with E-state index in [9.17, 15) is 4.79 Å². The summed E-state index contributed by atoms with van der Waals surface area (Å²) in [7, 11) is 3.09. The van der Waals surface area contributed by atoms with Gasteiger partial charge in [-0.2, -0.15) is 0 Å². The van der Waals surface area contributed by atoms with Gasteiger partial charge in [-0.15, -0.1) is 0 Å². The van der Waals surface area contributed by atoms with Crippen LogP contribution in [-0.2, 0) is 16.0 Å². The zero-order chi connectivity index (χ0) is 14.1. The van der Waals surface area contributed by atoms with E-state index in [0.717, 1.165) is 35.3 Å². The van der Waals surface area contributed by atoms with Gasteiger partial charge in [-0.1, -0.05) is 0 Å². The molecule has 0 spiro atoms. The summed E-state index contributed by atoms with van der Waals surface area (Å²) in [5.74, 6) is 0.334. The van der Waals surface area contributed by atoms with Gasteiger partial charge in [-0.25, -0.2) is 0 Å². The lowest BCUT2D eigenvalue weighted by atomic mass is 10.00. The quantitative estimate of drug-likeness (QED) is 0.816. The Morgan fingerprint density at radius 3 is 2.95 bits per heavy atom. The fourth-order valence-electron chi connectivity index (χ4n) is 2.85. The van der Waals surface area contributed by atoms with Crippen molar-refractivity contribution in [2.75, 3.05) is 27.3 Å². The highest BCUT2D eigenvalue weighted by molar-refractivity contribution is 5.89. The molecule has 1 aliphatic heterocycles. The van der Waals surface area contributed by atoms with Gasteiger partial charge < -0.3 is 19.8 Å². The molecule has 2 N–H and O–H groups in total. The van der Waals surface area contributed by atoms with Crippen LogP contribution in [0.25, 0.3) is 10.9 Å². The van der Waals surface area contributed by atoms with Crippen molar-refractivity contribution in [2.45, 2.75) is 12.3 Å². The van der Waals surface area contributed by atoms with Crippen molar-refractivity contribution in [1.82, 2.24) is 10.3 Å². The molecule has 2 heterocycles. The fourth-order valence-corrected chi connectivity index (χ4v) is 2.85. The van der Waals surface area contributed by atoms with Gasteiger partial charge in [0.2, 0.25) is 0 Å². The van der Waals surface area contributed by atoms with E-state index >= 15 is 0 Å². The summed E-state index contributed by atoms with van der Waals surface area (Å²) in [5.41, 5.74) is 3.18. The highest BCUT2D eigenvalue weighted by Gasteiger charge is 2.28. The molecule has 0 amide bonds. The second kappa shape index (κ2) is 5.17. The van der Waals surface area contributed by atoms with E-state index in [4.69, 9.17) is 9.47 Å². The average molecular weight is 274 g/mol. The van der Waals surface area contributed by atoms with Crippen molar-refractivity contribution in [3.8, 4) is 5.75 Å². The van der Waals surface area contributed by atoms with Crippen LogP contribution in [0.5, 0.6) is 5.75 Å². The number of aromatic nitrogens is 1. The summed E-state index contributed by atoms with van der Waals surface area (Å²) in [6.07, 6.45) is 0.885. The summed E-state index contributed by atoms with van der Waals surface area (Å²) in [6.45, 7) is 1.45. The maximum absolute atomic E-state index is 12.0. The number of hydrogen-bond donors (Lipinski definition) is 2. The first-order chi connectivity index (χ1) is 9.74. The van der Waals surface area contributed by atoms with Crippen molar-refractivity contribution in [3.05, 3.63) is 29.5 Å². The van der Waals surface area contributed by atoms with Crippen molar-refractivity contribution in [2.24, 2.45) is 0 Å². The highest BCUT2D eigenvalue weighted by Crippen LogP contribution is 2.32. The molecule has 0 radical (unpaired) electrons. The fraction of sp³-hybridized carbons (Fsp3) is 0.400. The van der Waals surface area contributed by atoms with Crippen LogP contribution in [0.2, 0.25) is 0 Å². The summed E-state index contributed by atoms with van der Waals surface area (Å²) in [6, 6.07) is 5.93. The van der Waals surface area contributed by atoms with Crippen LogP contribution in [0.3, 0.4) is 0 Å². The van der Waals surface area contributed by atoms with E-state index in [0.29, 0.717) is 6.54 Å². The molecule has 0 saturated heterocycles. The number of aromatic amines is 1. The maximum atomic E-state index is 12.0. The third kappa shape index (κ3) is 2.04.